The van der Waals surface area contributed by atoms with E-state index in [2.05, 4.69) is 5.32 Å². The SMILES string of the molecule is CC(Cc1ccccc1F)NCCS(=O)(=O)N(C)C. The van der Waals surface area contributed by atoms with E-state index < -0.39 is 10.0 Å². The molecule has 0 fully saturated rings. The number of benzene rings is 1. The molecule has 0 spiro atoms. The van der Waals surface area contributed by atoms with Crippen LogP contribution >= 0.6 is 0 Å². The summed E-state index contributed by atoms with van der Waals surface area (Å²) < 4.78 is 37.7. The molecule has 1 N–H and O–H groups in total. The van der Waals surface area contributed by atoms with Gasteiger partial charge in [-0.1, -0.05) is 18.2 Å². The van der Waals surface area contributed by atoms with E-state index in [1.165, 1.54) is 24.5 Å². The molecule has 1 unspecified atom stereocenters. The molecule has 0 aliphatic rings. The Morgan fingerprint density at radius 2 is 1.95 bits per heavy atom. The van der Waals surface area contributed by atoms with Crippen molar-refractivity contribution >= 4 is 10.0 Å². The molecule has 1 aromatic carbocycles. The lowest BCUT2D eigenvalue weighted by atomic mass is 10.1. The van der Waals surface area contributed by atoms with Gasteiger partial charge in [-0.15, -0.1) is 0 Å². The molecule has 6 heteroatoms. The van der Waals surface area contributed by atoms with Crippen LogP contribution in [-0.2, 0) is 16.4 Å². The second-order valence-electron chi connectivity index (χ2n) is 4.75. The second-order valence-corrected chi connectivity index (χ2v) is 7.05. The zero-order valence-electron chi connectivity index (χ0n) is 11.6. The van der Waals surface area contributed by atoms with Crippen LogP contribution in [0.3, 0.4) is 0 Å². The molecule has 0 aliphatic heterocycles. The number of halogens is 1. The predicted octanol–water partition coefficient (Wildman–Crippen LogP) is 1.24. The molecule has 0 heterocycles. The van der Waals surface area contributed by atoms with Crippen LogP contribution in [0.1, 0.15) is 12.5 Å². The van der Waals surface area contributed by atoms with Gasteiger partial charge in [0.25, 0.3) is 0 Å². The average Bonchev–Trinajstić information content (AvgIpc) is 2.31. The lowest BCUT2D eigenvalue weighted by molar-refractivity contribution is 0.506. The number of rotatable bonds is 7. The Morgan fingerprint density at radius 3 is 2.53 bits per heavy atom. The Morgan fingerprint density at radius 1 is 1.32 bits per heavy atom. The van der Waals surface area contributed by atoms with Crippen molar-refractivity contribution in [3.63, 3.8) is 0 Å². The van der Waals surface area contributed by atoms with Crippen molar-refractivity contribution in [1.29, 1.82) is 0 Å². The number of nitrogens with one attached hydrogen (secondary N) is 1. The van der Waals surface area contributed by atoms with Gasteiger partial charge in [-0.3, -0.25) is 0 Å². The molecule has 0 aromatic heterocycles. The molecule has 0 saturated carbocycles. The van der Waals surface area contributed by atoms with E-state index in [0.717, 1.165) is 0 Å². The van der Waals surface area contributed by atoms with Crippen molar-refractivity contribution in [3.05, 3.63) is 35.6 Å². The summed E-state index contributed by atoms with van der Waals surface area (Å²) in [6.45, 7) is 2.27. The third kappa shape index (κ3) is 5.26. The molecule has 1 atom stereocenters. The summed E-state index contributed by atoms with van der Waals surface area (Å²) in [5.74, 6) is -0.182. The van der Waals surface area contributed by atoms with Crippen LogP contribution < -0.4 is 5.32 Å². The summed E-state index contributed by atoms with van der Waals surface area (Å²) in [7, 11) is -0.154. The Labute approximate surface area is 114 Å². The molecule has 19 heavy (non-hydrogen) atoms. The molecule has 0 radical (unpaired) electrons. The van der Waals surface area contributed by atoms with Gasteiger partial charge in [-0.05, 0) is 25.0 Å². The van der Waals surface area contributed by atoms with Crippen LogP contribution in [0.25, 0.3) is 0 Å². The van der Waals surface area contributed by atoms with E-state index in [1.807, 2.05) is 6.92 Å². The van der Waals surface area contributed by atoms with Crippen molar-refractivity contribution in [3.8, 4) is 0 Å². The van der Waals surface area contributed by atoms with E-state index in [-0.39, 0.29) is 17.6 Å². The highest BCUT2D eigenvalue weighted by Gasteiger charge is 2.14. The summed E-state index contributed by atoms with van der Waals surface area (Å²) in [6, 6.07) is 6.64. The van der Waals surface area contributed by atoms with Crippen LogP contribution in [0.5, 0.6) is 0 Å². The van der Waals surface area contributed by atoms with Crippen molar-refractivity contribution in [2.45, 2.75) is 19.4 Å². The van der Waals surface area contributed by atoms with E-state index in [0.29, 0.717) is 18.5 Å². The van der Waals surface area contributed by atoms with Gasteiger partial charge in [0.05, 0.1) is 5.75 Å². The van der Waals surface area contributed by atoms with Crippen LogP contribution in [0.2, 0.25) is 0 Å². The number of hydrogen-bond acceptors (Lipinski definition) is 3. The van der Waals surface area contributed by atoms with Gasteiger partial charge in [-0.25, -0.2) is 17.1 Å². The maximum absolute atomic E-state index is 13.4. The predicted molar refractivity (Wildman–Crippen MR) is 75.0 cm³/mol. The Bertz CT molecular complexity index is 503. The van der Waals surface area contributed by atoms with E-state index in [4.69, 9.17) is 0 Å². The van der Waals surface area contributed by atoms with Gasteiger partial charge in [-0.2, -0.15) is 0 Å². The van der Waals surface area contributed by atoms with Crippen molar-refractivity contribution in [2.24, 2.45) is 0 Å². The maximum atomic E-state index is 13.4. The number of nitrogens with zero attached hydrogens (tertiary/aromatic N) is 1. The first-order valence-electron chi connectivity index (χ1n) is 6.20. The first-order valence-corrected chi connectivity index (χ1v) is 7.81. The standard InChI is InChI=1S/C13H21FN2O2S/c1-11(10-12-6-4-5-7-13(12)14)15-8-9-19(17,18)16(2)3/h4-7,11,15H,8-10H2,1-3H3. The van der Waals surface area contributed by atoms with E-state index in [1.54, 1.807) is 18.2 Å². The number of sulfonamides is 1. The van der Waals surface area contributed by atoms with Crippen LogP contribution in [0.4, 0.5) is 4.39 Å². The maximum Gasteiger partial charge on any atom is 0.214 e. The Balaban J connectivity index is 2.41. The minimum Gasteiger partial charge on any atom is -0.313 e. The minimum atomic E-state index is -3.18. The zero-order chi connectivity index (χ0) is 14.5. The van der Waals surface area contributed by atoms with Gasteiger partial charge < -0.3 is 5.32 Å². The normalized spacial score (nSPS) is 13.7. The summed E-state index contributed by atoms with van der Waals surface area (Å²) in [5.41, 5.74) is 0.637. The van der Waals surface area contributed by atoms with Crippen LogP contribution in [-0.4, -0.2) is 45.2 Å². The molecule has 0 saturated heterocycles. The smallest absolute Gasteiger partial charge is 0.214 e. The molecule has 1 rings (SSSR count). The van der Waals surface area contributed by atoms with E-state index >= 15 is 0 Å². The first kappa shape index (κ1) is 16.1. The van der Waals surface area contributed by atoms with Crippen LogP contribution in [0.15, 0.2) is 24.3 Å². The summed E-state index contributed by atoms with van der Waals surface area (Å²) in [5, 5.41) is 3.10. The van der Waals surface area contributed by atoms with Gasteiger partial charge >= 0.3 is 0 Å². The summed E-state index contributed by atoms with van der Waals surface area (Å²) in [6.07, 6.45) is 0.536. The topological polar surface area (TPSA) is 49.4 Å². The quantitative estimate of drug-likeness (QED) is 0.821. The third-order valence-corrected chi connectivity index (χ3v) is 4.73. The highest BCUT2D eigenvalue weighted by Crippen LogP contribution is 2.08. The fourth-order valence-electron chi connectivity index (χ4n) is 1.68. The van der Waals surface area contributed by atoms with E-state index in [9.17, 15) is 12.8 Å². The highest BCUT2D eigenvalue weighted by molar-refractivity contribution is 7.89. The molecular weight excluding hydrogens is 267 g/mol. The third-order valence-electron chi connectivity index (χ3n) is 2.89. The van der Waals surface area contributed by atoms with Gasteiger partial charge in [0.2, 0.25) is 10.0 Å². The zero-order valence-corrected chi connectivity index (χ0v) is 12.4. The van der Waals surface area contributed by atoms with Gasteiger partial charge in [0.1, 0.15) is 5.82 Å². The van der Waals surface area contributed by atoms with Crippen LogP contribution in [0, 0.1) is 5.82 Å². The van der Waals surface area contributed by atoms with Crippen molar-refractivity contribution in [1.82, 2.24) is 9.62 Å². The van der Waals surface area contributed by atoms with Gasteiger partial charge in [0, 0.05) is 26.7 Å². The molecule has 1 aromatic rings. The lowest BCUT2D eigenvalue weighted by Gasteiger charge is -2.16. The molecular formula is C13H21FN2O2S. The second kappa shape index (κ2) is 6.98. The molecule has 108 valence electrons. The molecule has 0 amide bonds. The monoisotopic (exact) mass is 288 g/mol. The average molecular weight is 288 g/mol. The molecule has 4 nitrogen and oxygen atoms in total. The Hall–Kier alpha value is -0.980. The number of hydrogen-bond donors (Lipinski definition) is 1. The highest BCUT2D eigenvalue weighted by atomic mass is 32.2. The molecule has 0 aliphatic carbocycles. The van der Waals surface area contributed by atoms with Crippen molar-refractivity contribution in [2.75, 3.05) is 26.4 Å². The lowest BCUT2D eigenvalue weighted by Crippen LogP contribution is -2.36. The fraction of sp³-hybridized carbons (Fsp3) is 0.538. The molecule has 0 bridgehead atoms. The fourth-order valence-corrected chi connectivity index (χ4v) is 2.42. The summed E-state index contributed by atoms with van der Waals surface area (Å²) in [4.78, 5) is 0. The van der Waals surface area contributed by atoms with Crippen molar-refractivity contribution < 1.29 is 12.8 Å². The van der Waals surface area contributed by atoms with Gasteiger partial charge in [0.15, 0.2) is 0 Å². The Kier molecular flexibility index (Phi) is 5.90. The summed E-state index contributed by atoms with van der Waals surface area (Å²) >= 11 is 0. The first-order chi connectivity index (χ1) is 8.83. The minimum absolute atomic E-state index is 0.0225. The largest absolute Gasteiger partial charge is 0.313 e.